The average Bonchev–Trinajstić information content (AvgIpc) is 3.31. The van der Waals surface area contributed by atoms with Crippen molar-refractivity contribution in [3.63, 3.8) is 0 Å². The monoisotopic (exact) mass is 639 g/mol. The fourth-order valence-corrected chi connectivity index (χ4v) is 6.89. The van der Waals surface area contributed by atoms with Gasteiger partial charge in [-0.25, -0.2) is 8.42 Å². The Labute approximate surface area is 261 Å². The average molecular weight is 640 g/mol. The molecule has 1 fully saturated rings. The third kappa shape index (κ3) is 7.61. The van der Waals surface area contributed by atoms with Crippen molar-refractivity contribution in [1.29, 1.82) is 0 Å². The summed E-state index contributed by atoms with van der Waals surface area (Å²) in [7, 11) is -3.35. The summed E-state index contributed by atoms with van der Waals surface area (Å²) < 4.78 is 22.8. The minimum Gasteiger partial charge on any atom is -0.508 e. The standard InChI is InChI=1S/C32H37N3O7S2/c1-20-24(11-8-12-26(20)36)29(38)34-25(17-21-9-6-5-7-10-21)27(37)31(40)35-19-43-32(2,3)28(35)30(39)33-18-22-13-15-23(16-14-22)44(4,41)42/h5-16,25,27-28,36-37H,17-19H2,1-4H3,(H,33,39)(H,34,38)/t25-,27-,28+/m0/s1. The number of aliphatic hydroxyl groups is 1. The molecule has 12 heteroatoms. The molecule has 0 aliphatic carbocycles. The Morgan fingerprint density at radius 1 is 1.00 bits per heavy atom. The van der Waals surface area contributed by atoms with Crippen molar-refractivity contribution in [2.24, 2.45) is 0 Å². The predicted molar refractivity (Wildman–Crippen MR) is 169 cm³/mol. The molecule has 4 N–H and O–H groups in total. The highest BCUT2D eigenvalue weighted by molar-refractivity contribution is 8.00. The second kappa shape index (κ2) is 13.4. The van der Waals surface area contributed by atoms with Crippen LogP contribution in [0.25, 0.3) is 0 Å². The molecule has 1 aliphatic rings. The van der Waals surface area contributed by atoms with Crippen LogP contribution in [-0.2, 0) is 32.4 Å². The Morgan fingerprint density at radius 3 is 2.30 bits per heavy atom. The van der Waals surface area contributed by atoms with E-state index in [4.69, 9.17) is 0 Å². The van der Waals surface area contributed by atoms with Crippen LogP contribution in [0.1, 0.15) is 40.9 Å². The molecule has 3 atom stereocenters. The van der Waals surface area contributed by atoms with Crippen LogP contribution in [0.2, 0.25) is 0 Å². The maximum Gasteiger partial charge on any atom is 0.254 e. The molecule has 10 nitrogen and oxygen atoms in total. The number of phenolic OH excluding ortho intramolecular Hbond substituents is 1. The van der Waals surface area contributed by atoms with E-state index < -0.39 is 50.5 Å². The Balaban J connectivity index is 1.53. The van der Waals surface area contributed by atoms with Crippen LogP contribution in [0.5, 0.6) is 5.75 Å². The third-order valence-corrected chi connectivity index (χ3v) is 10.2. The summed E-state index contributed by atoms with van der Waals surface area (Å²) >= 11 is 1.40. The summed E-state index contributed by atoms with van der Waals surface area (Å²) in [5, 5.41) is 27.2. The van der Waals surface area contributed by atoms with Crippen LogP contribution >= 0.6 is 11.8 Å². The SMILES string of the molecule is Cc1c(O)cccc1C(=O)N[C@@H](Cc1ccccc1)[C@H](O)C(=O)N1CSC(C)(C)[C@H]1C(=O)NCc1ccc(S(C)(=O)=O)cc1. The molecular weight excluding hydrogens is 603 g/mol. The van der Waals surface area contributed by atoms with Gasteiger partial charge in [0.15, 0.2) is 15.9 Å². The van der Waals surface area contributed by atoms with Gasteiger partial charge in [0, 0.05) is 28.7 Å². The number of hydrogen-bond acceptors (Lipinski definition) is 8. The number of hydrogen-bond donors (Lipinski definition) is 4. The number of nitrogens with zero attached hydrogens (tertiary/aromatic N) is 1. The number of amides is 3. The molecule has 0 spiro atoms. The number of carbonyl (C=O) groups is 3. The van der Waals surface area contributed by atoms with E-state index >= 15 is 0 Å². The van der Waals surface area contributed by atoms with Gasteiger partial charge < -0.3 is 25.7 Å². The largest absolute Gasteiger partial charge is 0.508 e. The topological polar surface area (TPSA) is 153 Å². The highest BCUT2D eigenvalue weighted by Gasteiger charge is 2.49. The molecule has 0 radical (unpaired) electrons. The second-order valence-electron chi connectivity index (χ2n) is 11.4. The number of sulfone groups is 1. The van der Waals surface area contributed by atoms with Crippen molar-refractivity contribution >= 4 is 39.3 Å². The third-order valence-electron chi connectivity index (χ3n) is 7.69. The van der Waals surface area contributed by atoms with Crippen LogP contribution in [-0.4, -0.2) is 76.3 Å². The van der Waals surface area contributed by atoms with E-state index in [0.717, 1.165) is 11.8 Å². The van der Waals surface area contributed by atoms with Gasteiger partial charge in [-0.15, -0.1) is 11.8 Å². The van der Waals surface area contributed by atoms with E-state index in [1.165, 1.54) is 40.9 Å². The van der Waals surface area contributed by atoms with Gasteiger partial charge in [-0.1, -0.05) is 48.5 Å². The van der Waals surface area contributed by atoms with Gasteiger partial charge in [0.25, 0.3) is 11.8 Å². The first-order chi connectivity index (χ1) is 20.7. The quantitative estimate of drug-likeness (QED) is 0.264. The summed E-state index contributed by atoms with van der Waals surface area (Å²) in [6.07, 6.45) is -0.417. The maximum atomic E-state index is 13.9. The van der Waals surface area contributed by atoms with E-state index in [1.54, 1.807) is 25.1 Å². The lowest BCUT2D eigenvalue weighted by molar-refractivity contribution is -0.147. The molecule has 3 aromatic rings. The zero-order chi connectivity index (χ0) is 32.2. The molecule has 0 aromatic heterocycles. The molecule has 3 amide bonds. The fourth-order valence-electron chi connectivity index (χ4n) is 5.12. The van der Waals surface area contributed by atoms with E-state index in [9.17, 15) is 33.0 Å². The molecule has 0 saturated carbocycles. The van der Waals surface area contributed by atoms with Gasteiger partial charge in [0.05, 0.1) is 16.8 Å². The first kappa shape index (κ1) is 33.0. The summed E-state index contributed by atoms with van der Waals surface area (Å²) in [5.41, 5.74) is 2.04. The Morgan fingerprint density at radius 2 is 1.66 bits per heavy atom. The molecule has 3 aromatic carbocycles. The van der Waals surface area contributed by atoms with E-state index in [1.807, 2.05) is 44.2 Å². The van der Waals surface area contributed by atoms with Crippen molar-refractivity contribution in [2.75, 3.05) is 12.1 Å². The van der Waals surface area contributed by atoms with Crippen molar-refractivity contribution in [3.8, 4) is 5.75 Å². The number of carbonyl (C=O) groups excluding carboxylic acids is 3. The molecular formula is C32H37N3O7S2. The maximum absolute atomic E-state index is 13.9. The Bertz CT molecular complexity index is 1630. The number of rotatable bonds is 10. The van der Waals surface area contributed by atoms with Crippen LogP contribution in [0.3, 0.4) is 0 Å². The Hall–Kier alpha value is -3.87. The molecule has 234 valence electrons. The molecule has 1 heterocycles. The van der Waals surface area contributed by atoms with Crippen molar-refractivity contribution in [1.82, 2.24) is 15.5 Å². The summed E-state index contributed by atoms with van der Waals surface area (Å²) in [4.78, 5) is 42.1. The number of benzene rings is 3. The smallest absolute Gasteiger partial charge is 0.254 e. The Kier molecular flexibility index (Phi) is 10.1. The van der Waals surface area contributed by atoms with Crippen molar-refractivity contribution in [2.45, 2.75) is 61.6 Å². The summed E-state index contributed by atoms with van der Waals surface area (Å²) in [5.74, 6) is -1.58. The van der Waals surface area contributed by atoms with Crippen LogP contribution in [0.15, 0.2) is 77.7 Å². The first-order valence-electron chi connectivity index (χ1n) is 14.0. The lowest BCUT2D eigenvalue weighted by Gasteiger charge is -2.33. The van der Waals surface area contributed by atoms with Gasteiger partial charge in [0.2, 0.25) is 5.91 Å². The second-order valence-corrected chi connectivity index (χ2v) is 15.0. The van der Waals surface area contributed by atoms with Crippen LogP contribution in [0, 0.1) is 6.92 Å². The van der Waals surface area contributed by atoms with Crippen molar-refractivity contribution < 1.29 is 33.0 Å². The van der Waals surface area contributed by atoms with Crippen LogP contribution < -0.4 is 10.6 Å². The van der Waals surface area contributed by atoms with E-state index in [2.05, 4.69) is 10.6 Å². The van der Waals surface area contributed by atoms with Gasteiger partial charge in [-0.3, -0.25) is 14.4 Å². The number of thioether (sulfide) groups is 1. The lowest BCUT2D eigenvalue weighted by Crippen LogP contribution is -2.58. The summed E-state index contributed by atoms with van der Waals surface area (Å²) in [6, 6.07) is 17.9. The van der Waals surface area contributed by atoms with Crippen LogP contribution in [0.4, 0.5) is 0 Å². The number of nitrogens with one attached hydrogen (secondary N) is 2. The minimum atomic E-state index is -3.35. The predicted octanol–water partition coefficient (Wildman–Crippen LogP) is 2.80. The number of aliphatic hydroxyl groups excluding tert-OH is 1. The lowest BCUT2D eigenvalue weighted by atomic mass is 9.96. The molecule has 4 rings (SSSR count). The van der Waals surface area contributed by atoms with E-state index in [-0.39, 0.29) is 35.1 Å². The molecule has 1 saturated heterocycles. The normalized spacial score (nSPS) is 17.5. The van der Waals surface area contributed by atoms with Gasteiger partial charge in [0.1, 0.15) is 11.8 Å². The molecule has 0 unspecified atom stereocenters. The zero-order valence-corrected chi connectivity index (χ0v) is 26.6. The number of phenols is 1. The van der Waals surface area contributed by atoms with Gasteiger partial charge >= 0.3 is 0 Å². The number of aromatic hydroxyl groups is 1. The first-order valence-corrected chi connectivity index (χ1v) is 16.9. The van der Waals surface area contributed by atoms with Gasteiger partial charge in [-0.05, 0) is 62.6 Å². The van der Waals surface area contributed by atoms with Gasteiger partial charge in [-0.2, -0.15) is 0 Å². The molecule has 1 aliphatic heterocycles. The highest BCUT2D eigenvalue weighted by Crippen LogP contribution is 2.40. The zero-order valence-electron chi connectivity index (χ0n) is 25.0. The van der Waals surface area contributed by atoms with Crippen molar-refractivity contribution in [3.05, 3.63) is 95.1 Å². The van der Waals surface area contributed by atoms with E-state index in [0.29, 0.717) is 11.1 Å². The molecule has 0 bridgehead atoms. The highest BCUT2D eigenvalue weighted by atomic mass is 32.2. The molecule has 44 heavy (non-hydrogen) atoms. The minimum absolute atomic E-state index is 0.0506. The summed E-state index contributed by atoms with van der Waals surface area (Å²) in [6.45, 7) is 5.40. The fraction of sp³-hybridized carbons (Fsp3) is 0.344.